The van der Waals surface area contributed by atoms with Gasteiger partial charge in [-0.3, -0.25) is 29.5 Å². The van der Waals surface area contributed by atoms with Crippen molar-refractivity contribution in [2.75, 3.05) is 28.3 Å². The van der Waals surface area contributed by atoms with Crippen molar-refractivity contribution in [2.45, 2.75) is 12.6 Å². The number of aromatic nitrogens is 1. The van der Waals surface area contributed by atoms with Gasteiger partial charge in [0.25, 0.3) is 17.7 Å². The molecule has 4 rings (SSSR count). The van der Waals surface area contributed by atoms with E-state index in [4.69, 9.17) is 9.15 Å². The van der Waals surface area contributed by atoms with Crippen molar-refractivity contribution in [3.63, 3.8) is 0 Å². The van der Waals surface area contributed by atoms with E-state index in [0.29, 0.717) is 35.4 Å². The number of fused-ring (bicyclic) bond motifs is 2. The quantitative estimate of drug-likeness (QED) is 0.456. The second-order valence-electron chi connectivity index (χ2n) is 7.37. The fourth-order valence-electron chi connectivity index (χ4n) is 3.44. The molecular weight excluding hydrogens is 442 g/mol. The maximum Gasteiger partial charge on any atom is 0.254 e. The number of hydrogen-bond donors (Lipinski definition) is 3. The van der Waals surface area contributed by atoms with E-state index < -0.39 is 11.9 Å². The first-order valence-corrected chi connectivity index (χ1v) is 10.3. The van der Waals surface area contributed by atoms with Crippen LogP contribution >= 0.6 is 0 Å². The van der Waals surface area contributed by atoms with Gasteiger partial charge in [0.2, 0.25) is 6.41 Å². The smallest absolute Gasteiger partial charge is 0.254 e. The fourth-order valence-corrected chi connectivity index (χ4v) is 3.44. The van der Waals surface area contributed by atoms with Gasteiger partial charge < -0.3 is 24.7 Å². The third-order valence-corrected chi connectivity index (χ3v) is 5.22. The number of ether oxygens (including phenoxy) is 1. The average molecular weight is 467 g/mol. The van der Waals surface area contributed by atoms with E-state index >= 15 is 0 Å². The van der Waals surface area contributed by atoms with Crippen LogP contribution in [0.3, 0.4) is 0 Å². The molecule has 1 atom stereocenters. The minimum absolute atomic E-state index is 0.0777. The molecule has 11 heteroatoms. The third kappa shape index (κ3) is 5.04. The van der Waals surface area contributed by atoms with Crippen LogP contribution in [0.15, 0.2) is 40.9 Å². The van der Waals surface area contributed by atoms with Crippen LogP contribution in [-0.4, -0.2) is 62.3 Å². The first-order valence-electron chi connectivity index (χ1n) is 10.3. The summed E-state index contributed by atoms with van der Waals surface area (Å²) in [5.41, 5.74) is 3.08. The van der Waals surface area contributed by atoms with Crippen molar-refractivity contribution >= 4 is 35.2 Å². The Hall–Kier alpha value is -4.25. The normalized spacial score (nSPS) is 12.9. The molecule has 178 valence electrons. The van der Waals surface area contributed by atoms with Gasteiger partial charge in [-0.1, -0.05) is 6.07 Å². The van der Waals surface area contributed by atoms with Crippen LogP contribution in [0.25, 0.3) is 11.1 Å². The van der Waals surface area contributed by atoms with E-state index in [9.17, 15) is 19.2 Å². The number of nitrogens with zero attached hydrogens (tertiary/aromatic N) is 2. The van der Waals surface area contributed by atoms with E-state index in [-0.39, 0.29) is 11.8 Å². The highest BCUT2D eigenvalue weighted by Gasteiger charge is 2.24. The number of hydrogen-bond acceptors (Lipinski definition) is 8. The molecule has 1 aliphatic rings. The highest BCUT2D eigenvalue weighted by atomic mass is 16.5. The predicted octanol–water partition coefficient (Wildman–Crippen LogP) is 1.00. The van der Waals surface area contributed by atoms with Crippen LogP contribution < -0.4 is 20.7 Å². The second kappa shape index (κ2) is 10.6. The van der Waals surface area contributed by atoms with Crippen LogP contribution in [-0.2, 0) is 16.1 Å². The highest BCUT2D eigenvalue weighted by Crippen LogP contribution is 2.25. The fraction of sp³-hybridized carbons (Fsp3) is 0.261. The number of likely N-dealkylation sites (N-methyl/N-ethyl adjacent to an activating group) is 1. The Morgan fingerprint density at radius 3 is 2.65 bits per heavy atom. The van der Waals surface area contributed by atoms with Gasteiger partial charge in [-0.2, -0.15) is 0 Å². The van der Waals surface area contributed by atoms with Crippen LogP contribution in [0, 0.1) is 0 Å². The minimum Gasteiger partial charge on any atom is -0.497 e. The summed E-state index contributed by atoms with van der Waals surface area (Å²) in [6, 6.07) is 7.90. The lowest BCUT2D eigenvalue weighted by Crippen LogP contribution is -2.34. The zero-order valence-corrected chi connectivity index (χ0v) is 19.2. The van der Waals surface area contributed by atoms with E-state index in [1.807, 2.05) is 12.1 Å². The summed E-state index contributed by atoms with van der Waals surface area (Å²) in [5.74, 6) is 0.286. The molecule has 3 heterocycles. The zero-order valence-electron chi connectivity index (χ0n) is 19.2. The van der Waals surface area contributed by atoms with Crippen molar-refractivity contribution < 1.29 is 28.3 Å². The number of nitrogens with one attached hydrogen (secondary N) is 3. The van der Waals surface area contributed by atoms with E-state index in [0.717, 1.165) is 16.9 Å². The number of carbonyl (C=O) groups is 4. The first-order chi connectivity index (χ1) is 16.3. The van der Waals surface area contributed by atoms with Crippen molar-refractivity contribution in [1.82, 2.24) is 25.8 Å². The summed E-state index contributed by atoms with van der Waals surface area (Å²) in [6.07, 6.45) is 1.72. The Morgan fingerprint density at radius 1 is 1.24 bits per heavy atom. The molecule has 1 unspecified atom stereocenters. The molecule has 0 spiro atoms. The molecule has 11 nitrogen and oxygen atoms in total. The van der Waals surface area contributed by atoms with Gasteiger partial charge in [-0.25, -0.2) is 0 Å². The number of pyridine rings is 1. The van der Waals surface area contributed by atoms with E-state index in [1.165, 1.54) is 19.3 Å². The van der Waals surface area contributed by atoms with Crippen LogP contribution in [0.4, 0.5) is 0 Å². The lowest BCUT2D eigenvalue weighted by molar-refractivity contribution is -0.127. The maximum atomic E-state index is 11.7. The number of imide groups is 1. The van der Waals surface area contributed by atoms with Gasteiger partial charge in [0.15, 0.2) is 5.58 Å². The molecule has 0 aliphatic carbocycles. The lowest BCUT2D eigenvalue weighted by Gasteiger charge is -2.10. The summed E-state index contributed by atoms with van der Waals surface area (Å²) >= 11 is 0. The van der Waals surface area contributed by atoms with Crippen molar-refractivity contribution in [3.05, 3.63) is 59.0 Å². The molecule has 0 radical (unpaired) electrons. The van der Waals surface area contributed by atoms with Crippen molar-refractivity contribution in [3.8, 4) is 5.75 Å². The van der Waals surface area contributed by atoms with Crippen LogP contribution in [0.2, 0.25) is 0 Å². The maximum absolute atomic E-state index is 11.7. The molecule has 0 bridgehead atoms. The van der Waals surface area contributed by atoms with Crippen molar-refractivity contribution in [2.24, 2.45) is 0 Å². The number of amides is 4. The number of benzene rings is 1. The molecule has 1 aliphatic heterocycles. The second-order valence-corrected chi connectivity index (χ2v) is 7.37. The molecule has 2 aromatic heterocycles. The van der Waals surface area contributed by atoms with Gasteiger partial charge in [0.05, 0.1) is 12.7 Å². The lowest BCUT2D eigenvalue weighted by atomic mass is 10.1. The Kier molecular flexibility index (Phi) is 7.59. The summed E-state index contributed by atoms with van der Waals surface area (Å²) in [7, 11) is 6.48. The number of methoxy groups -OCH3 is 1. The first kappa shape index (κ1) is 24.4. The molecule has 4 amide bonds. The number of rotatable bonds is 6. The van der Waals surface area contributed by atoms with E-state index in [2.05, 4.69) is 20.9 Å². The van der Waals surface area contributed by atoms with Gasteiger partial charge >= 0.3 is 0 Å². The molecular formula is C23H25N5O6. The SMILES string of the molecule is CNC(=O)c1cnc2cc(C(NC)C(=O)NC=O)oc2c1.COc1ccc2c(c1)C(=O)N(C)C2. The monoisotopic (exact) mass is 467 g/mol. The van der Waals surface area contributed by atoms with Crippen LogP contribution in [0.1, 0.15) is 38.1 Å². The van der Waals surface area contributed by atoms with E-state index in [1.54, 1.807) is 38.2 Å². The average Bonchev–Trinajstić information content (AvgIpc) is 3.39. The Bertz CT molecular complexity index is 1240. The summed E-state index contributed by atoms with van der Waals surface area (Å²) in [6.45, 7) is 0.707. The van der Waals surface area contributed by atoms with Gasteiger partial charge in [0, 0.05) is 38.5 Å². The predicted molar refractivity (Wildman–Crippen MR) is 122 cm³/mol. The zero-order chi connectivity index (χ0) is 24.8. The van der Waals surface area contributed by atoms with Crippen molar-refractivity contribution in [1.29, 1.82) is 0 Å². The topological polar surface area (TPSA) is 143 Å². The van der Waals surface area contributed by atoms with Crippen LogP contribution in [0.5, 0.6) is 5.75 Å². The molecule has 3 aromatic rings. The molecule has 0 saturated heterocycles. The molecule has 3 N–H and O–H groups in total. The summed E-state index contributed by atoms with van der Waals surface area (Å²) < 4.78 is 10.6. The Balaban J connectivity index is 0.000000212. The minimum atomic E-state index is -0.826. The number of furan rings is 1. The molecule has 0 saturated carbocycles. The highest BCUT2D eigenvalue weighted by molar-refractivity contribution is 5.98. The van der Waals surface area contributed by atoms with Gasteiger partial charge in [0.1, 0.15) is 23.1 Å². The number of carbonyl (C=O) groups excluding carboxylic acids is 4. The molecule has 1 aromatic carbocycles. The Morgan fingerprint density at radius 2 is 2.00 bits per heavy atom. The van der Waals surface area contributed by atoms with Gasteiger partial charge in [-0.05, 0) is 30.8 Å². The summed E-state index contributed by atoms with van der Waals surface area (Å²) in [4.78, 5) is 51.0. The largest absolute Gasteiger partial charge is 0.497 e. The molecule has 34 heavy (non-hydrogen) atoms. The standard InChI is InChI=1S/C13H14N4O4.C10H11NO2/c1-14-11(13(20)17-6-18)10-4-8-9(21-10)3-7(5-16-8)12(19)15-2;1-11-6-7-3-4-8(13-2)5-9(7)10(11)12/h3-6,11,14H,1-2H3,(H,15,19)(H,17,18,20);3-5H,6H2,1-2H3. The summed E-state index contributed by atoms with van der Waals surface area (Å²) in [5, 5.41) is 7.28. The molecule has 0 fully saturated rings. The third-order valence-electron chi connectivity index (χ3n) is 5.22. The Labute approximate surface area is 195 Å². The van der Waals surface area contributed by atoms with Gasteiger partial charge in [-0.15, -0.1) is 0 Å².